The molecule has 1 atom stereocenters. The number of hydrogen-bond acceptors (Lipinski definition) is 3. The molecule has 1 saturated heterocycles. The fourth-order valence-electron chi connectivity index (χ4n) is 2.09. The highest BCUT2D eigenvalue weighted by atomic mass is 16.1. The Morgan fingerprint density at radius 2 is 1.93 bits per heavy atom. The van der Waals surface area contributed by atoms with Gasteiger partial charge in [0.2, 0.25) is 0 Å². The number of carbonyl (C=O) groups excluding carboxylic acids is 1. The van der Waals surface area contributed by atoms with Crippen LogP contribution in [0.2, 0.25) is 0 Å². The van der Waals surface area contributed by atoms with Crippen molar-refractivity contribution in [2.45, 2.75) is 26.7 Å². The lowest BCUT2D eigenvalue weighted by atomic mass is 9.82. The maximum atomic E-state index is 12.0. The summed E-state index contributed by atoms with van der Waals surface area (Å²) < 4.78 is 0. The second-order valence-corrected chi connectivity index (χ2v) is 4.83. The lowest BCUT2D eigenvalue weighted by Gasteiger charge is -2.29. The van der Waals surface area contributed by atoms with Crippen molar-refractivity contribution in [3.8, 4) is 6.07 Å². The number of nitriles is 1. The van der Waals surface area contributed by atoms with Crippen LogP contribution in [0.4, 0.5) is 0 Å². The van der Waals surface area contributed by atoms with Crippen molar-refractivity contribution in [2.24, 2.45) is 17.8 Å². The summed E-state index contributed by atoms with van der Waals surface area (Å²) in [5.41, 5.74) is 0. The summed E-state index contributed by atoms with van der Waals surface area (Å²) in [7, 11) is 2.07. The van der Waals surface area contributed by atoms with Crippen molar-refractivity contribution in [3.05, 3.63) is 0 Å². The van der Waals surface area contributed by atoms with E-state index in [1.54, 1.807) is 0 Å². The molecule has 1 heterocycles. The van der Waals surface area contributed by atoms with Gasteiger partial charge in [0.15, 0.2) is 5.78 Å². The molecular weight excluding hydrogens is 188 g/mol. The van der Waals surface area contributed by atoms with Gasteiger partial charge in [0.05, 0.1) is 6.07 Å². The zero-order valence-electron chi connectivity index (χ0n) is 9.86. The Balaban J connectivity index is 2.57. The number of likely N-dealkylation sites (tertiary alicyclic amines) is 1. The molecule has 0 spiro atoms. The predicted molar refractivity (Wildman–Crippen MR) is 59.2 cm³/mol. The number of piperidine rings is 1. The van der Waals surface area contributed by atoms with Crippen molar-refractivity contribution in [1.82, 2.24) is 4.90 Å². The molecule has 0 saturated carbocycles. The van der Waals surface area contributed by atoms with Gasteiger partial charge in [-0.2, -0.15) is 5.26 Å². The summed E-state index contributed by atoms with van der Waals surface area (Å²) in [6, 6.07) is 2.15. The maximum absolute atomic E-state index is 12.0. The van der Waals surface area contributed by atoms with Crippen LogP contribution in [0, 0.1) is 29.1 Å². The van der Waals surface area contributed by atoms with Gasteiger partial charge in [-0.1, -0.05) is 13.8 Å². The number of ketones is 1. The van der Waals surface area contributed by atoms with Crippen LogP contribution in [0.25, 0.3) is 0 Å². The quantitative estimate of drug-likeness (QED) is 0.709. The third-order valence-electron chi connectivity index (χ3n) is 3.23. The summed E-state index contributed by atoms with van der Waals surface area (Å²) >= 11 is 0. The zero-order valence-corrected chi connectivity index (χ0v) is 9.86. The summed E-state index contributed by atoms with van der Waals surface area (Å²) in [5, 5.41) is 8.97. The third-order valence-corrected chi connectivity index (χ3v) is 3.23. The largest absolute Gasteiger partial charge is 0.306 e. The second-order valence-electron chi connectivity index (χ2n) is 4.83. The molecule has 0 radical (unpaired) electrons. The molecule has 1 fully saturated rings. The Labute approximate surface area is 92.1 Å². The molecule has 15 heavy (non-hydrogen) atoms. The van der Waals surface area contributed by atoms with Crippen LogP contribution in [0.5, 0.6) is 0 Å². The highest BCUT2D eigenvalue weighted by molar-refractivity contribution is 5.85. The standard InChI is InChI=1S/C12H20N2O/c1-9(2)11(8-13)12(15)10-4-6-14(3)7-5-10/h9-11H,4-7H2,1-3H3. The first-order chi connectivity index (χ1) is 7.06. The Morgan fingerprint density at radius 3 is 2.33 bits per heavy atom. The van der Waals surface area contributed by atoms with Crippen LogP contribution in [0.15, 0.2) is 0 Å². The van der Waals surface area contributed by atoms with E-state index in [-0.39, 0.29) is 17.6 Å². The van der Waals surface area contributed by atoms with E-state index in [4.69, 9.17) is 5.26 Å². The van der Waals surface area contributed by atoms with Crippen LogP contribution in [0.3, 0.4) is 0 Å². The van der Waals surface area contributed by atoms with E-state index in [0.29, 0.717) is 0 Å². The van der Waals surface area contributed by atoms with E-state index in [9.17, 15) is 4.79 Å². The smallest absolute Gasteiger partial charge is 0.153 e. The third kappa shape index (κ3) is 3.04. The molecule has 0 aromatic rings. The molecule has 84 valence electrons. The number of rotatable bonds is 3. The first kappa shape index (κ1) is 12.2. The Morgan fingerprint density at radius 1 is 1.40 bits per heavy atom. The van der Waals surface area contributed by atoms with Gasteiger partial charge in [-0.05, 0) is 38.9 Å². The predicted octanol–water partition coefficient (Wildman–Crippen LogP) is 1.69. The summed E-state index contributed by atoms with van der Waals surface area (Å²) in [5.74, 6) is 0.0226. The lowest BCUT2D eigenvalue weighted by molar-refractivity contribution is -0.127. The van der Waals surface area contributed by atoms with Gasteiger partial charge < -0.3 is 4.90 Å². The molecule has 1 rings (SSSR count). The van der Waals surface area contributed by atoms with Crippen molar-refractivity contribution in [3.63, 3.8) is 0 Å². The molecule has 1 aliphatic rings. The molecule has 1 aliphatic heterocycles. The second kappa shape index (κ2) is 5.27. The Hall–Kier alpha value is -0.880. The summed E-state index contributed by atoms with van der Waals surface area (Å²) in [6.07, 6.45) is 1.83. The molecule has 3 nitrogen and oxygen atoms in total. The summed E-state index contributed by atoms with van der Waals surface area (Å²) in [6.45, 7) is 5.85. The molecular formula is C12H20N2O. The van der Waals surface area contributed by atoms with Gasteiger partial charge in [0.1, 0.15) is 5.92 Å². The van der Waals surface area contributed by atoms with E-state index in [2.05, 4.69) is 18.0 Å². The fraction of sp³-hybridized carbons (Fsp3) is 0.833. The average Bonchev–Trinajstić information content (AvgIpc) is 2.19. The highest BCUT2D eigenvalue weighted by Gasteiger charge is 2.30. The summed E-state index contributed by atoms with van der Waals surface area (Å²) in [4.78, 5) is 14.3. The van der Waals surface area contributed by atoms with Crippen LogP contribution in [0.1, 0.15) is 26.7 Å². The number of carbonyl (C=O) groups is 1. The van der Waals surface area contributed by atoms with Gasteiger partial charge in [0, 0.05) is 5.92 Å². The highest BCUT2D eigenvalue weighted by Crippen LogP contribution is 2.23. The number of Topliss-reactive ketones (excluding diaryl/α,β-unsaturated/α-hetero) is 1. The minimum Gasteiger partial charge on any atom is -0.306 e. The molecule has 0 aliphatic carbocycles. The fourth-order valence-corrected chi connectivity index (χ4v) is 2.09. The van der Waals surface area contributed by atoms with Crippen LogP contribution >= 0.6 is 0 Å². The SMILES string of the molecule is CC(C)C(C#N)C(=O)C1CCN(C)CC1. The molecule has 0 aromatic carbocycles. The number of nitrogens with zero attached hydrogens (tertiary/aromatic N) is 2. The van der Waals surface area contributed by atoms with Gasteiger partial charge in [-0.15, -0.1) is 0 Å². The van der Waals surface area contributed by atoms with E-state index in [1.165, 1.54) is 0 Å². The van der Waals surface area contributed by atoms with Crippen LogP contribution < -0.4 is 0 Å². The van der Waals surface area contributed by atoms with Crippen molar-refractivity contribution < 1.29 is 4.79 Å². The number of hydrogen-bond donors (Lipinski definition) is 0. The maximum Gasteiger partial charge on any atom is 0.153 e. The van der Waals surface area contributed by atoms with E-state index in [0.717, 1.165) is 25.9 Å². The van der Waals surface area contributed by atoms with Crippen LogP contribution in [-0.2, 0) is 4.79 Å². The Kier molecular flexibility index (Phi) is 4.28. The lowest BCUT2D eigenvalue weighted by Crippen LogP contribution is -2.36. The van der Waals surface area contributed by atoms with Crippen LogP contribution in [-0.4, -0.2) is 30.8 Å². The van der Waals surface area contributed by atoms with Crippen molar-refractivity contribution >= 4 is 5.78 Å². The van der Waals surface area contributed by atoms with E-state index >= 15 is 0 Å². The molecule has 3 heteroatoms. The first-order valence-electron chi connectivity index (χ1n) is 5.68. The van der Waals surface area contributed by atoms with Gasteiger partial charge in [-0.25, -0.2) is 0 Å². The Bertz CT molecular complexity index is 259. The topological polar surface area (TPSA) is 44.1 Å². The first-order valence-corrected chi connectivity index (χ1v) is 5.68. The minimum absolute atomic E-state index is 0.119. The van der Waals surface area contributed by atoms with E-state index < -0.39 is 5.92 Å². The minimum atomic E-state index is -0.404. The van der Waals surface area contributed by atoms with Crippen molar-refractivity contribution in [1.29, 1.82) is 5.26 Å². The molecule has 0 N–H and O–H groups in total. The molecule has 0 bridgehead atoms. The average molecular weight is 208 g/mol. The normalized spacial score (nSPS) is 21.3. The monoisotopic (exact) mass is 208 g/mol. The zero-order chi connectivity index (χ0) is 11.4. The molecule has 0 aromatic heterocycles. The van der Waals surface area contributed by atoms with Gasteiger partial charge in [0.25, 0.3) is 0 Å². The van der Waals surface area contributed by atoms with Gasteiger partial charge in [-0.3, -0.25) is 4.79 Å². The molecule has 0 amide bonds. The van der Waals surface area contributed by atoms with Gasteiger partial charge >= 0.3 is 0 Å². The van der Waals surface area contributed by atoms with Crippen molar-refractivity contribution in [2.75, 3.05) is 20.1 Å². The molecule has 1 unspecified atom stereocenters. The van der Waals surface area contributed by atoms with E-state index in [1.807, 2.05) is 13.8 Å².